The molecule has 26 heavy (non-hydrogen) atoms. The molecule has 0 aromatic carbocycles. The molecule has 148 valence electrons. The van der Waals surface area contributed by atoms with Crippen LogP contribution < -0.4 is 15.9 Å². The first-order valence-electron chi connectivity index (χ1n) is 6.89. The minimum atomic E-state index is -1.44. The first-order valence-corrected chi connectivity index (χ1v) is 6.89. The molecule has 0 aliphatic heterocycles. The van der Waals surface area contributed by atoms with Crippen LogP contribution in [0.25, 0.3) is 0 Å². The molecule has 0 spiro atoms. The number of aliphatic carboxylic acids is 2. The van der Waals surface area contributed by atoms with Crippen LogP contribution in [0.3, 0.4) is 0 Å². The Hall–Kier alpha value is -0.790. The summed E-state index contributed by atoms with van der Waals surface area (Å²) in [6.45, 7) is 1.53. The third-order valence-corrected chi connectivity index (χ3v) is 2.67. The Kier molecular flexibility index (Phi) is 25.9. The van der Waals surface area contributed by atoms with Crippen molar-refractivity contribution >= 4 is 55.6 Å². The fourth-order valence-electron chi connectivity index (χ4n) is 0.775. The van der Waals surface area contributed by atoms with E-state index in [2.05, 4.69) is 11.3 Å². The van der Waals surface area contributed by atoms with Gasteiger partial charge < -0.3 is 50.7 Å². The number of methoxy groups -OCH3 is 1. The molecule has 0 aromatic rings. The number of hydrogen-bond donors (Lipinski definition) is 5. The predicted octanol–water partition coefficient (Wildman–Crippen LogP) is -5.50. The Morgan fingerprint density at radius 3 is 1.62 bits per heavy atom. The van der Waals surface area contributed by atoms with Crippen LogP contribution in [0.15, 0.2) is 12.7 Å². The summed E-state index contributed by atoms with van der Waals surface area (Å²) in [7, 11) is 1.31. The van der Waals surface area contributed by atoms with Gasteiger partial charge >= 0.3 is 43.7 Å². The molecule has 6 N–H and O–H groups in total. The van der Waals surface area contributed by atoms with Gasteiger partial charge in [-0.3, -0.25) is 0 Å². The van der Waals surface area contributed by atoms with E-state index in [4.69, 9.17) is 26.2 Å². The van der Waals surface area contributed by atoms with E-state index in [1.54, 1.807) is 0 Å². The Morgan fingerprint density at radius 2 is 1.50 bits per heavy atom. The SMILES string of the molecule is C=CC(=O)OC.NC(CCC(=O)[O-])C(=O)[O-].OCC(CO)(CO)CO.[Ca+2]. The van der Waals surface area contributed by atoms with E-state index in [-0.39, 0.29) is 50.6 Å². The summed E-state index contributed by atoms with van der Waals surface area (Å²) in [5.41, 5.74) is 3.80. The predicted molar refractivity (Wildman–Crippen MR) is 86.0 cm³/mol. The average Bonchev–Trinajstić information content (AvgIpc) is 2.62. The molecule has 12 heteroatoms. The van der Waals surface area contributed by atoms with Crippen LogP contribution in [0.4, 0.5) is 0 Å². The van der Waals surface area contributed by atoms with Gasteiger partial charge in [-0.1, -0.05) is 6.58 Å². The fraction of sp³-hybridized carbons (Fsp3) is 0.643. The van der Waals surface area contributed by atoms with Gasteiger partial charge in [0.15, 0.2) is 0 Å². The molecule has 0 radical (unpaired) electrons. The summed E-state index contributed by atoms with van der Waals surface area (Å²) in [6.07, 6.45) is 0.611. The van der Waals surface area contributed by atoms with E-state index in [1.807, 2.05) is 0 Å². The average molecular weight is 407 g/mol. The van der Waals surface area contributed by atoms with Gasteiger partial charge in [0.1, 0.15) is 0 Å². The van der Waals surface area contributed by atoms with Crippen LogP contribution in [0.2, 0.25) is 0 Å². The van der Waals surface area contributed by atoms with Crippen molar-refractivity contribution in [3.05, 3.63) is 12.7 Å². The van der Waals surface area contributed by atoms with Crippen LogP contribution >= 0.6 is 0 Å². The van der Waals surface area contributed by atoms with Gasteiger partial charge in [0.25, 0.3) is 0 Å². The summed E-state index contributed by atoms with van der Waals surface area (Å²) in [5, 5.41) is 53.6. The molecule has 11 nitrogen and oxygen atoms in total. The number of esters is 1. The number of carbonyl (C=O) groups excluding carboxylic acids is 3. The first kappa shape index (κ1) is 32.8. The number of rotatable bonds is 9. The van der Waals surface area contributed by atoms with Crippen molar-refractivity contribution in [2.45, 2.75) is 18.9 Å². The molecular weight excluding hydrogens is 382 g/mol. The van der Waals surface area contributed by atoms with Crippen molar-refractivity contribution in [2.24, 2.45) is 11.1 Å². The Morgan fingerprint density at radius 1 is 1.12 bits per heavy atom. The van der Waals surface area contributed by atoms with E-state index in [1.165, 1.54) is 7.11 Å². The van der Waals surface area contributed by atoms with Gasteiger partial charge in [-0.05, 0) is 12.8 Å². The zero-order valence-corrected chi connectivity index (χ0v) is 16.8. The second-order valence-electron chi connectivity index (χ2n) is 4.70. The van der Waals surface area contributed by atoms with Crippen molar-refractivity contribution in [1.29, 1.82) is 0 Å². The molecule has 0 aliphatic rings. The summed E-state index contributed by atoms with van der Waals surface area (Å²) in [5.74, 6) is -3.15. The van der Waals surface area contributed by atoms with E-state index in [0.717, 1.165) is 6.08 Å². The third-order valence-electron chi connectivity index (χ3n) is 2.67. The van der Waals surface area contributed by atoms with E-state index < -0.39 is 55.8 Å². The number of aliphatic hydroxyl groups excluding tert-OH is 4. The van der Waals surface area contributed by atoms with Crippen LogP contribution in [0.1, 0.15) is 12.8 Å². The summed E-state index contributed by atoms with van der Waals surface area (Å²) < 4.78 is 4.14. The number of carbonyl (C=O) groups is 3. The van der Waals surface area contributed by atoms with Crippen LogP contribution in [-0.2, 0) is 19.1 Å². The molecule has 0 rings (SSSR count). The largest absolute Gasteiger partial charge is 2.00 e. The number of nitrogens with two attached hydrogens (primary N) is 1. The molecule has 1 atom stereocenters. The van der Waals surface area contributed by atoms with Crippen molar-refractivity contribution in [1.82, 2.24) is 0 Å². The van der Waals surface area contributed by atoms with E-state index in [9.17, 15) is 24.6 Å². The third kappa shape index (κ3) is 19.5. The Labute approximate surface area is 181 Å². The van der Waals surface area contributed by atoms with E-state index >= 15 is 0 Å². The van der Waals surface area contributed by atoms with Crippen molar-refractivity contribution < 1.29 is 49.8 Å². The quantitative estimate of drug-likeness (QED) is 0.138. The Bertz CT molecular complexity index is 384. The number of aliphatic hydroxyl groups is 4. The molecule has 0 aromatic heterocycles. The molecule has 0 fully saturated rings. The Balaban J connectivity index is -0.000000141. The maximum absolute atomic E-state index is 9.86. The smallest absolute Gasteiger partial charge is 0.550 e. The number of ether oxygens (including phenoxy) is 1. The topological polar surface area (TPSA) is 213 Å². The molecule has 0 saturated heterocycles. The molecule has 0 bridgehead atoms. The standard InChI is InChI=1S/C5H9NO4.C5H12O4.C4H6O2.Ca/c6-3(5(9)10)1-2-4(7)8;6-1-5(2-7,3-8)4-9;1-3-4(5)6-2;/h3H,1-2,6H2,(H,7,8)(H,9,10);6-9H,1-4H2;3H,1H2,2H3;/q;;;+2/p-2. The maximum atomic E-state index is 9.86. The van der Waals surface area contributed by atoms with Gasteiger partial charge in [0.05, 0.1) is 44.9 Å². The molecule has 0 amide bonds. The van der Waals surface area contributed by atoms with Crippen LogP contribution in [-0.4, -0.2) is 116 Å². The van der Waals surface area contributed by atoms with Crippen molar-refractivity contribution in [2.75, 3.05) is 33.5 Å². The van der Waals surface area contributed by atoms with E-state index in [0.29, 0.717) is 0 Å². The van der Waals surface area contributed by atoms with Gasteiger partial charge in [-0.25, -0.2) is 4.79 Å². The molecule has 1 unspecified atom stereocenters. The minimum Gasteiger partial charge on any atom is -0.550 e. The van der Waals surface area contributed by atoms with Crippen LogP contribution in [0, 0.1) is 5.41 Å². The second-order valence-corrected chi connectivity index (χ2v) is 4.70. The molecule has 0 saturated carbocycles. The summed E-state index contributed by atoms with van der Waals surface area (Å²) >= 11 is 0. The van der Waals surface area contributed by atoms with Gasteiger partial charge in [0.2, 0.25) is 0 Å². The monoisotopic (exact) mass is 407 g/mol. The second kappa shape index (κ2) is 20.5. The zero-order valence-electron chi connectivity index (χ0n) is 14.6. The van der Waals surface area contributed by atoms with Crippen LogP contribution in [0.5, 0.6) is 0 Å². The summed E-state index contributed by atoms with van der Waals surface area (Å²) in [4.78, 5) is 29.4. The minimum absolute atomic E-state index is 0. The van der Waals surface area contributed by atoms with Crippen molar-refractivity contribution in [3.63, 3.8) is 0 Å². The summed E-state index contributed by atoms with van der Waals surface area (Å²) in [6, 6.07) is -1.21. The molecule has 0 heterocycles. The van der Waals surface area contributed by atoms with Gasteiger partial charge in [-0.15, -0.1) is 0 Å². The number of hydrogen-bond acceptors (Lipinski definition) is 11. The zero-order chi connectivity index (χ0) is 20.5. The molecule has 0 aliphatic carbocycles. The maximum Gasteiger partial charge on any atom is 2.00 e. The van der Waals surface area contributed by atoms with Gasteiger partial charge in [-0.2, -0.15) is 0 Å². The number of carboxylic acid groups (broad SMARTS) is 2. The fourth-order valence-corrected chi connectivity index (χ4v) is 0.775. The normalized spacial score (nSPS) is 10.5. The molecular formula is C14H25CaNO10. The van der Waals surface area contributed by atoms with Crippen molar-refractivity contribution in [3.8, 4) is 0 Å². The first-order chi connectivity index (χ1) is 11.6. The number of carboxylic acids is 2. The van der Waals surface area contributed by atoms with Gasteiger partial charge in [0, 0.05) is 18.1 Å².